The summed E-state index contributed by atoms with van der Waals surface area (Å²) in [5.41, 5.74) is 14.7. The van der Waals surface area contributed by atoms with Gasteiger partial charge in [0.1, 0.15) is 11.4 Å². The summed E-state index contributed by atoms with van der Waals surface area (Å²) in [7, 11) is 0. The molecule has 0 bridgehead atoms. The zero-order valence-electron chi connectivity index (χ0n) is 24.2. The summed E-state index contributed by atoms with van der Waals surface area (Å²) in [6.07, 6.45) is 3.39. The zero-order chi connectivity index (χ0) is 26.0. The molecular weight excluding hydrogens is 561 g/mol. The molecule has 1 saturated heterocycles. The predicted octanol–water partition coefficient (Wildman–Crippen LogP) is 7.29. The van der Waals surface area contributed by atoms with Gasteiger partial charge in [-0.1, -0.05) is 60.7 Å². The summed E-state index contributed by atoms with van der Waals surface area (Å²) in [6, 6.07) is 22.0. The Morgan fingerprint density at radius 1 is 0.875 bits per heavy atom. The van der Waals surface area contributed by atoms with Crippen LogP contribution in [0.15, 0.2) is 60.7 Å². The van der Waals surface area contributed by atoms with Crippen LogP contribution in [0.5, 0.6) is 5.75 Å². The molecule has 2 heterocycles. The minimum atomic E-state index is -0.275. The molecule has 1 unspecified atom stereocenters. The number of nitrogen functional groups attached to an aromatic ring is 1. The Morgan fingerprint density at radius 3 is 1.98 bits per heavy atom. The smallest absolute Gasteiger partial charge is 0.127 e. The van der Waals surface area contributed by atoms with Gasteiger partial charge in [0.25, 0.3) is 0 Å². The van der Waals surface area contributed by atoms with Crippen molar-refractivity contribution >= 4 is 42.9 Å². The lowest BCUT2D eigenvalue weighted by Crippen LogP contribution is -2.48. The highest BCUT2D eigenvalue weighted by Gasteiger charge is 2.40. The third-order valence-corrected chi connectivity index (χ3v) is 8.71. The van der Waals surface area contributed by atoms with Gasteiger partial charge < -0.3 is 15.8 Å². The largest absolute Gasteiger partial charge is 0.485 e. The second-order valence-corrected chi connectivity index (χ2v) is 11.6. The normalized spacial score (nSPS) is 18.4. The van der Waals surface area contributed by atoms with Gasteiger partial charge in [0.2, 0.25) is 0 Å². The lowest BCUT2D eigenvalue weighted by atomic mass is 9.88. The van der Waals surface area contributed by atoms with E-state index in [0.717, 1.165) is 56.1 Å². The number of ether oxygens (including phenoxy) is 1. The van der Waals surface area contributed by atoms with E-state index in [2.05, 4.69) is 98.6 Å². The van der Waals surface area contributed by atoms with Crippen LogP contribution in [0.25, 0.3) is 0 Å². The van der Waals surface area contributed by atoms with E-state index in [1.54, 1.807) is 0 Å². The van der Waals surface area contributed by atoms with Crippen molar-refractivity contribution in [2.24, 2.45) is 5.92 Å². The maximum absolute atomic E-state index is 6.84. The summed E-state index contributed by atoms with van der Waals surface area (Å²) >= 11 is 0. The van der Waals surface area contributed by atoms with Gasteiger partial charge in [0.15, 0.2) is 0 Å². The van der Waals surface area contributed by atoms with Gasteiger partial charge in [-0.2, -0.15) is 0 Å². The van der Waals surface area contributed by atoms with Crippen molar-refractivity contribution in [2.75, 3.05) is 38.5 Å². The number of nitrogens with two attached hydrogens (primary N) is 1. The van der Waals surface area contributed by atoms with Gasteiger partial charge in [0.05, 0.1) is 0 Å². The molecule has 0 aliphatic carbocycles. The van der Waals surface area contributed by atoms with Gasteiger partial charge in [0, 0.05) is 43.2 Å². The van der Waals surface area contributed by atoms with E-state index in [9.17, 15) is 0 Å². The Kier molecular flexibility index (Phi) is 12.7. The first kappa shape index (κ1) is 34.3. The number of rotatable bonds is 8. The van der Waals surface area contributed by atoms with E-state index in [1.165, 1.54) is 40.7 Å². The first-order valence-corrected chi connectivity index (χ1v) is 13.9. The van der Waals surface area contributed by atoms with E-state index in [1.807, 2.05) is 0 Å². The van der Waals surface area contributed by atoms with Crippen molar-refractivity contribution in [3.8, 4) is 5.75 Å². The standard InChI is InChI=1S/C33H43N3O.3ClH/c1-23-24(2)32-29(25(3)31(23)34)19-33(4,37-32)22-36(20-26-15-17-35-18-16-26)21-30(27-11-7-5-8-12-27)28-13-9-6-10-14-28;;;/h5-14,26,30,35H,15-22,34H2,1-4H3;3*1H. The maximum Gasteiger partial charge on any atom is 0.127 e. The highest BCUT2D eigenvalue weighted by atomic mass is 35.5. The molecule has 0 aromatic heterocycles. The van der Waals surface area contributed by atoms with Crippen molar-refractivity contribution in [3.05, 3.63) is 94.0 Å². The third kappa shape index (κ3) is 7.46. The lowest BCUT2D eigenvalue weighted by Gasteiger charge is -2.37. The fourth-order valence-corrected chi connectivity index (χ4v) is 6.45. The molecule has 3 aromatic rings. The fraction of sp³-hybridized carbons (Fsp3) is 0.455. The molecule has 7 heteroatoms. The Bertz CT molecular complexity index is 1140. The summed E-state index contributed by atoms with van der Waals surface area (Å²) < 4.78 is 6.84. The van der Waals surface area contributed by atoms with Crippen LogP contribution in [-0.4, -0.2) is 43.2 Å². The Hall–Kier alpha value is -1.95. The van der Waals surface area contributed by atoms with Crippen molar-refractivity contribution in [1.82, 2.24) is 10.2 Å². The maximum atomic E-state index is 6.84. The summed E-state index contributed by atoms with van der Waals surface area (Å²) in [6.45, 7) is 14.0. The Morgan fingerprint density at radius 2 is 1.43 bits per heavy atom. The van der Waals surface area contributed by atoms with E-state index in [0.29, 0.717) is 11.8 Å². The van der Waals surface area contributed by atoms with Gasteiger partial charge in [-0.15, -0.1) is 37.2 Å². The van der Waals surface area contributed by atoms with E-state index < -0.39 is 0 Å². The number of hydrogen-bond donors (Lipinski definition) is 2. The van der Waals surface area contributed by atoms with E-state index >= 15 is 0 Å². The number of piperidine rings is 1. The second-order valence-electron chi connectivity index (χ2n) is 11.6. The number of nitrogens with zero attached hydrogens (tertiary/aromatic N) is 1. The van der Waals surface area contributed by atoms with Crippen molar-refractivity contribution < 1.29 is 4.74 Å². The Balaban J connectivity index is 0.00000187. The molecule has 2 aliphatic rings. The van der Waals surface area contributed by atoms with Crippen LogP contribution in [0, 0.1) is 26.7 Å². The highest BCUT2D eigenvalue weighted by Crippen LogP contribution is 2.44. The molecule has 0 saturated carbocycles. The van der Waals surface area contributed by atoms with Gasteiger partial charge in [-0.3, -0.25) is 4.90 Å². The monoisotopic (exact) mass is 605 g/mol. The van der Waals surface area contributed by atoms with Crippen molar-refractivity contribution in [3.63, 3.8) is 0 Å². The van der Waals surface area contributed by atoms with Crippen LogP contribution in [0.2, 0.25) is 0 Å². The number of nitrogens with one attached hydrogen (secondary N) is 1. The SMILES string of the molecule is Cc1c(C)c2c(c(C)c1N)CC(C)(CN(CC1CCNCC1)CC(c1ccccc1)c1ccccc1)O2.Cl.Cl.Cl. The van der Waals surface area contributed by atoms with Gasteiger partial charge in [-0.25, -0.2) is 0 Å². The molecule has 3 aromatic carbocycles. The van der Waals surface area contributed by atoms with Crippen LogP contribution in [-0.2, 0) is 6.42 Å². The fourth-order valence-electron chi connectivity index (χ4n) is 6.45. The molecule has 3 N–H and O–H groups in total. The summed E-state index contributed by atoms with van der Waals surface area (Å²) in [5.74, 6) is 2.09. The molecule has 1 atom stereocenters. The number of fused-ring (bicyclic) bond motifs is 1. The molecule has 4 nitrogen and oxygen atoms in total. The third-order valence-electron chi connectivity index (χ3n) is 8.71. The molecule has 220 valence electrons. The summed E-state index contributed by atoms with van der Waals surface area (Å²) in [4.78, 5) is 2.70. The number of halogens is 3. The first-order valence-electron chi connectivity index (χ1n) is 13.9. The molecule has 2 aliphatic heterocycles. The first-order chi connectivity index (χ1) is 17.8. The van der Waals surface area contributed by atoms with Crippen LogP contribution in [0.4, 0.5) is 5.69 Å². The van der Waals surface area contributed by atoms with E-state index in [4.69, 9.17) is 10.5 Å². The van der Waals surface area contributed by atoms with Crippen LogP contribution < -0.4 is 15.8 Å². The highest BCUT2D eigenvalue weighted by molar-refractivity contribution is 5.86. The number of hydrogen-bond acceptors (Lipinski definition) is 4. The molecule has 1 fully saturated rings. The minimum absolute atomic E-state index is 0. The Labute approximate surface area is 259 Å². The molecule has 0 amide bonds. The zero-order valence-corrected chi connectivity index (χ0v) is 26.7. The number of benzene rings is 3. The predicted molar refractivity (Wildman–Crippen MR) is 176 cm³/mol. The second kappa shape index (κ2) is 14.8. The molecule has 5 rings (SSSR count). The number of anilines is 1. The van der Waals surface area contributed by atoms with Crippen molar-refractivity contribution in [2.45, 2.75) is 58.5 Å². The van der Waals surface area contributed by atoms with Crippen LogP contribution in [0.3, 0.4) is 0 Å². The molecule has 40 heavy (non-hydrogen) atoms. The minimum Gasteiger partial charge on any atom is -0.485 e. The van der Waals surface area contributed by atoms with Gasteiger partial charge >= 0.3 is 0 Å². The lowest BCUT2D eigenvalue weighted by molar-refractivity contribution is 0.0521. The quantitative estimate of drug-likeness (QED) is 0.265. The molecule has 0 radical (unpaired) electrons. The van der Waals surface area contributed by atoms with Crippen LogP contribution in [0.1, 0.15) is 59.1 Å². The molecular formula is C33H46Cl3N3O. The average molecular weight is 607 g/mol. The van der Waals surface area contributed by atoms with Gasteiger partial charge in [-0.05, 0) is 87.4 Å². The summed E-state index contributed by atoms with van der Waals surface area (Å²) in [5, 5.41) is 3.54. The van der Waals surface area contributed by atoms with E-state index in [-0.39, 0.29) is 42.8 Å². The molecule has 0 spiro atoms. The average Bonchev–Trinajstić information content (AvgIpc) is 3.28. The topological polar surface area (TPSA) is 50.5 Å². The van der Waals surface area contributed by atoms with Crippen molar-refractivity contribution in [1.29, 1.82) is 0 Å². The van der Waals surface area contributed by atoms with Crippen LogP contribution >= 0.6 is 37.2 Å².